The SMILES string of the molecule is CC(C)c1nc(N(C)S(C)(=O)=O)nc2c1C[C@@H]([C@H](O)C[C@H](O)CC(=O)[O-])c1cc(F)ccc1-2.[Na+]. The van der Waals surface area contributed by atoms with Crippen molar-refractivity contribution in [3.05, 3.63) is 40.8 Å². The molecule has 0 amide bonds. The van der Waals surface area contributed by atoms with Crippen molar-refractivity contribution in [2.24, 2.45) is 0 Å². The van der Waals surface area contributed by atoms with E-state index in [0.717, 1.165) is 10.6 Å². The zero-order valence-electron chi connectivity index (χ0n) is 19.8. The van der Waals surface area contributed by atoms with Crippen LogP contribution in [0.1, 0.15) is 55.3 Å². The number of aromatic nitrogens is 2. The van der Waals surface area contributed by atoms with Gasteiger partial charge in [0.25, 0.3) is 0 Å². The van der Waals surface area contributed by atoms with E-state index in [2.05, 4.69) is 9.97 Å². The van der Waals surface area contributed by atoms with Gasteiger partial charge < -0.3 is 20.1 Å². The van der Waals surface area contributed by atoms with Gasteiger partial charge in [0.1, 0.15) is 5.82 Å². The molecular weight excluding hydrogens is 476 g/mol. The average molecular weight is 504 g/mol. The number of benzene rings is 1. The van der Waals surface area contributed by atoms with Gasteiger partial charge in [0.2, 0.25) is 16.0 Å². The third-order valence-corrected chi connectivity index (χ3v) is 6.98. The van der Waals surface area contributed by atoms with Crippen molar-refractivity contribution in [2.45, 2.75) is 57.2 Å². The second-order valence-electron chi connectivity index (χ2n) is 8.70. The van der Waals surface area contributed by atoms with Crippen LogP contribution < -0.4 is 39.0 Å². The van der Waals surface area contributed by atoms with Crippen molar-refractivity contribution in [3.63, 3.8) is 0 Å². The first kappa shape index (κ1) is 28.6. The van der Waals surface area contributed by atoms with E-state index >= 15 is 0 Å². The number of sulfonamides is 1. The molecule has 2 aromatic rings. The van der Waals surface area contributed by atoms with E-state index in [9.17, 15) is 32.9 Å². The molecule has 1 aliphatic carbocycles. The Balaban J connectivity index is 0.00000408. The van der Waals surface area contributed by atoms with Gasteiger partial charge in [0, 0.05) is 42.9 Å². The average Bonchev–Trinajstić information content (AvgIpc) is 2.69. The molecular formula is C22H27FN3NaO6S. The molecule has 34 heavy (non-hydrogen) atoms. The number of aliphatic hydroxyl groups is 2. The van der Waals surface area contributed by atoms with Gasteiger partial charge in [-0.05, 0) is 36.1 Å². The third-order valence-electron chi connectivity index (χ3n) is 5.83. The molecule has 1 aromatic heterocycles. The van der Waals surface area contributed by atoms with E-state index in [1.165, 1.54) is 25.2 Å². The first-order chi connectivity index (χ1) is 15.3. The van der Waals surface area contributed by atoms with Crippen molar-refractivity contribution in [1.82, 2.24) is 9.97 Å². The minimum atomic E-state index is -3.63. The van der Waals surface area contributed by atoms with Gasteiger partial charge in [-0.15, -0.1) is 0 Å². The molecule has 0 fully saturated rings. The van der Waals surface area contributed by atoms with Crippen molar-refractivity contribution in [3.8, 4) is 11.3 Å². The van der Waals surface area contributed by atoms with Crippen molar-refractivity contribution < 1.29 is 62.5 Å². The largest absolute Gasteiger partial charge is 1.00 e. The Hall–Kier alpha value is -1.63. The van der Waals surface area contributed by atoms with Crippen LogP contribution in [0.25, 0.3) is 11.3 Å². The topological polar surface area (TPSA) is 144 Å². The summed E-state index contributed by atoms with van der Waals surface area (Å²) < 4.78 is 39.3. The van der Waals surface area contributed by atoms with Crippen molar-refractivity contribution >= 4 is 21.9 Å². The molecule has 1 aliphatic rings. The fraction of sp³-hybridized carbons (Fsp3) is 0.500. The molecule has 0 unspecified atom stereocenters. The molecule has 0 saturated carbocycles. The Morgan fingerprint density at radius 1 is 1.29 bits per heavy atom. The van der Waals surface area contributed by atoms with Crippen molar-refractivity contribution in [2.75, 3.05) is 17.6 Å². The molecule has 0 bridgehead atoms. The van der Waals surface area contributed by atoms with Gasteiger partial charge in [-0.1, -0.05) is 13.8 Å². The number of carbonyl (C=O) groups is 1. The molecule has 0 spiro atoms. The predicted octanol–water partition coefficient (Wildman–Crippen LogP) is -2.30. The minimum absolute atomic E-state index is 0. The van der Waals surface area contributed by atoms with E-state index in [1.54, 1.807) is 0 Å². The summed E-state index contributed by atoms with van der Waals surface area (Å²) in [5.41, 5.74) is 2.69. The van der Waals surface area contributed by atoms with Gasteiger partial charge in [-0.25, -0.2) is 27.1 Å². The minimum Gasteiger partial charge on any atom is -0.550 e. The quantitative estimate of drug-likeness (QED) is 0.383. The molecule has 3 rings (SSSR count). The summed E-state index contributed by atoms with van der Waals surface area (Å²) in [6, 6.07) is 4.04. The Morgan fingerprint density at radius 3 is 2.50 bits per heavy atom. The van der Waals surface area contributed by atoms with Gasteiger partial charge in [-0.3, -0.25) is 0 Å². The molecule has 1 aromatic carbocycles. The van der Waals surface area contributed by atoms with Crippen LogP contribution in [0.2, 0.25) is 0 Å². The van der Waals surface area contributed by atoms with Crippen LogP contribution in [0.5, 0.6) is 0 Å². The number of halogens is 1. The van der Waals surface area contributed by atoms with Crippen LogP contribution in [0.3, 0.4) is 0 Å². The van der Waals surface area contributed by atoms with Gasteiger partial charge in [0.15, 0.2) is 0 Å². The number of carboxylic acids is 1. The number of hydrogen-bond donors (Lipinski definition) is 2. The molecule has 3 atom stereocenters. The number of carboxylic acid groups (broad SMARTS) is 1. The van der Waals surface area contributed by atoms with E-state index < -0.39 is 46.4 Å². The van der Waals surface area contributed by atoms with Crippen LogP contribution in [-0.2, 0) is 21.2 Å². The monoisotopic (exact) mass is 503 g/mol. The maximum atomic E-state index is 14.2. The number of rotatable bonds is 8. The maximum Gasteiger partial charge on any atom is 1.00 e. The Bertz CT molecular complexity index is 1180. The Morgan fingerprint density at radius 2 is 1.94 bits per heavy atom. The summed E-state index contributed by atoms with van der Waals surface area (Å²) in [5.74, 6) is -2.75. The summed E-state index contributed by atoms with van der Waals surface area (Å²) in [7, 11) is -2.28. The molecule has 9 nitrogen and oxygen atoms in total. The molecule has 0 radical (unpaired) electrons. The van der Waals surface area contributed by atoms with Crippen LogP contribution in [-0.4, -0.2) is 60.1 Å². The zero-order valence-corrected chi connectivity index (χ0v) is 22.6. The summed E-state index contributed by atoms with van der Waals surface area (Å²) in [4.78, 5) is 19.8. The second kappa shape index (κ2) is 11.0. The van der Waals surface area contributed by atoms with Crippen molar-refractivity contribution in [1.29, 1.82) is 0 Å². The second-order valence-corrected chi connectivity index (χ2v) is 10.7. The summed E-state index contributed by atoms with van der Waals surface area (Å²) >= 11 is 0. The fourth-order valence-electron chi connectivity index (χ4n) is 4.13. The first-order valence-electron chi connectivity index (χ1n) is 10.5. The van der Waals surface area contributed by atoms with E-state index in [1.807, 2.05) is 13.8 Å². The molecule has 0 aliphatic heterocycles. The van der Waals surface area contributed by atoms with E-state index in [0.29, 0.717) is 28.1 Å². The predicted molar refractivity (Wildman–Crippen MR) is 117 cm³/mol. The van der Waals surface area contributed by atoms with E-state index in [4.69, 9.17) is 0 Å². The van der Waals surface area contributed by atoms with Gasteiger partial charge >= 0.3 is 29.6 Å². The molecule has 1 heterocycles. The number of anilines is 1. The van der Waals surface area contributed by atoms with Crippen LogP contribution >= 0.6 is 0 Å². The van der Waals surface area contributed by atoms with Crippen LogP contribution in [0.15, 0.2) is 18.2 Å². The van der Waals surface area contributed by atoms with Crippen LogP contribution in [0.4, 0.5) is 10.3 Å². The number of fused-ring (bicyclic) bond motifs is 3. The third kappa shape index (κ3) is 6.13. The van der Waals surface area contributed by atoms with E-state index in [-0.39, 0.29) is 54.3 Å². The number of carbonyl (C=O) groups excluding carboxylic acids is 1. The molecule has 180 valence electrons. The zero-order chi connectivity index (χ0) is 24.7. The number of hydrogen-bond acceptors (Lipinski definition) is 8. The normalized spacial score (nSPS) is 16.8. The van der Waals surface area contributed by atoms with Gasteiger partial charge in [0.05, 0.1) is 29.9 Å². The standard InChI is InChI=1S/C22H28FN3O6S.Na/c1-11(2)20-17-10-16(18(28)8-13(27)9-19(29)30)15-7-12(23)5-6-14(15)21(17)25-22(24-20)26(3)33(4,31)32;/h5-7,11,13,16,18,27-28H,8-10H2,1-4H3,(H,29,30);/q;+1/p-1/t13-,16+,18+;/m0./s1. The van der Waals surface area contributed by atoms with Gasteiger partial charge in [-0.2, -0.15) is 0 Å². The summed E-state index contributed by atoms with van der Waals surface area (Å²) in [6.07, 6.45) is -2.12. The molecule has 0 saturated heterocycles. The number of aliphatic carboxylic acids is 1. The number of nitrogens with zero attached hydrogens (tertiary/aromatic N) is 3. The Kier molecular flexibility index (Phi) is 9.22. The van der Waals surface area contributed by atoms with Crippen LogP contribution in [0, 0.1) is 5.82 Å². The number of aliphatic hydroxyl groups excluding tert-OH is 2. The summed E-state index contributed by atoms with van der Waals surface area (Å²) in [6.45, 7) is 3.78. The Labute approximate surface area is 220 Å². The smallest absolute Gasteiger partial charge is 0.550 e. The molecule has 2 N–H and O–H groups in total. The maximum absolute atomic E-state index is 14.2. The first-order valence-corrected chi connectivity index (χ1v) is 12.3. The molecule has 12 heteroatoms. The fourth-order valence-corrected chi connectivity index (χ4v) is 4.51. The summed E-state index contributed by atoms with van der Waals surface area (Å²) in [5, 5.41) is 31.7.